The number of nitrogens with zero attached hydrogens (tertiary/aromatic N) is 1. The molecule has 2 rings (SSSR count). The summed E-state index contributed by atoms with van der Waals surface area (Å²) in [6.45, 7) is 3.92. The summed E-state index contributed by atoms with van der Waals surface area (Å²) in [5.74, 6) is -1.01. The number of hydrogen-bond donors (Lipinski definition) is 2. The normalized spacial score (nSPS) is 27.5. The summed E-state index contributed by atoms with van der Waals surface area (Å²) in [6.07, 6.45) is 5.33. The van der Waals surface area contributed by atoms with E-state index in [2.05, 4.69) is 5.32 Å². The van der Waals surface area contributed by atoms with Gasteiger partial charge >= 0.3 is 5.97 Å². The molecule has 2 N–H and O–H groups in total. The third kappa shape index (κ3) is 3.59. The number of nitrogens with one attached hydrogen (secondary N) is 1. The highest BCUT2D eigenvalue weighted by molar-refractivity contribution is 5.88. The fourth-order valence-electron chi connectivity index (χ4n) is 3.69. The molecule has 2 amide bonds. The second-order valence-electron chi connectivity index (χ2n) is 6.95. The number of likely N-dealkylation sites (tertiary alicyclic amines) is 1. The number of carboxylic acids is 1. The van der Waals surface area contributed by atoms with Crippen molar-refractivity contribution in [1.29, 1.82) is 0 Å². The lowest BCUT2D eigenvalue weighted by Crippen LogP contribution is -2.56. The zero-order chi connectivity index (χ0) is 16.3. The van der Waals surface area contributed by atoms with Gasteiger partial charge in [-0.1, -0.05) is 12.8 Å². The molecule has 22 heavy (non-hydrogen) atoms. The smallest absolute Gasteiger partial charge is 0.311 e. The Morgan fingerprint density at radius 2 is 1.86 bits per heavy atom. The molecule has 0 aromatic heterocycles. The summed E-state index contributed by atoms with van der Waals surface area (Å²) >= 11 is 0. The summed E-state index contributed by atoms with van der Waals surface area (Å²) < 4.78 is 0. The predicted molar refractivity (Wildman–Crippen MR) is 81.1 cm³/mol. The summed E-state index contributed by atoms with van der Waals surface area (Å²) in [5, 5.41) is 12.2. The van der Waals surface area contributed by atoms with Crippen LogP contribution in [0, 0.1) is 11.3 Å². The zero-order valence-electron chi connectivity index (χ0n) is 13.4. The Bertz CT molecular complexity index is 459. The van der Waals surface area contributed by atoms with Crippen LogP contribution in [0.4, 0.5) is 0 Å². The second-order valence-corrected chi connectivity index (χ2v) is 6.95. The molecule has 2 fully saturated rings. The van der Waals surface area contributed by atoms with Gasteiger partial charge in [-0.15, -0.1) is 0 Å². The van der Waals surface area contributed by atoms with Crippen LogP contribution in [0.1, 0.15) is 52.4 Å². The highest BCUT2D eigenvalue weighted by Crippen LogP contribution is 2.32. The van der Waals surface area contributed by atoms with Crippen molar-refractivity contribution in [2.45, 2.75) is 58.4 Å². The van der Waals surface area contributed by atoms with Crippen molar-refractivity contribution in [3.63, 3.8) is 0 Å². The molecular weight excluding hydrogens is 284 g/mol. The van der Waals surface area contributed by atoms with Crippen LogP contribution in [0.5, 0.6) is 0 Å². The van der Waals surface area contributed by atoms with Gasteiger partial charge in [-0.3, -0.25) is 14.4 Å². The van der Waals surface area contributed by atoms with E-state index in [0.717, 1.165) is 25.7 Å². The van der Waals surface area contributed by atoms with Crippen molar-refractivity contribution in [1.82, 2.24) is 10.2 Å². The van der Waals surface area contributed by atoms with E-state index >= 15 is 0 Å². The van der Waals surface area contributed by atoms with Crippen LogP contribution >= 0.6 is 0 Å². The lowest BCUT2D eigenvalue weighted by Gasteiger charge is -2.40. The average molecular weight is 310 g/mol. The summed E-state index contributed by atoms with van der Waals surface area (Å²) in [7, 11) is 0. The van der Waals surface area contributed by atoms with Crippen molar-refractivity contribution in [2.75, 3.05) is 13.1 Å². The first kappa shape index (κ1) is 16.8. The fourth-order valence-corrected chi connectivity index (χ4v) is 3.69. The van der Waals surface area contributed by atoms with E-state index in [1.807, 2.05) is 0 Å². The van der Waals surface area contributed by atoms with Gasteiger partial charge in [0.1, 0.15) is 6.04 Å². The number of piperidine rings is 1. The topological polar surface area (TPSA) is 86.7 Å². The van der Waals surface area contributed by atoms with E-state index in [4.69, 9.17) is 0 Å². The maximum atomic E-state index is 12.8. The maximum Gasteiger partial charge on any atom is 0.311 e. The minimum atomic E-state index is -0.885. The average Bonchev–Trinajstić information content (AvgIpc) is 2.97. The maximum absolute atomic E-state index is 12.8. The van der Waals surface area contributed by atoms with Crippen LogP contribution in [0.2, 0.25) is 0 Å². The third-order valence-corrected chi connectivity index (χ3v) is 5.02. The second kappa shape index (κ2) is 6.67. The number of hydrogen-bond acceptors (Lipinski definition) is 3. The van der Waals surface area contributed by atoms with Crippen molar-refractivity contribution in [3.05, 3.63) is 0 Å². The van der Waals surface area contributed by atoms with Crippen molar-refractivity contribution in [3.8, 4) is 0 Å². The van der Waals surface area contributed by atoms with E-state index in [0.29, 0.717) is 19.4 Å². The van der Waals surface area contributed by atoms with E-state index in [-0.39, 0.29) is 24.3 Å². The third-order valence-electron chi connectivity index (χ3n) is 5.02. The SMILES string of the molecule is CC(=O)NC(C(=O)N1CCCC(C)(C(=O)O)C1)C1CCCC1. The largest absolute Gasteiger partial charge is 0.481 e. The van der Waals surface area contributed by atoms with E-state index < -0.39 is 17.4 Å². The number of carboxylic acid groups (broad SMARTS) is 1. The van der Waals surface area contributed by atoms with Gasteiger partial charge in [0.05, 0.1) is 5.41 Å². The first-order valence-corrected chi connectivity index (χ1v) is 8.13. The van der Waals surface area contributed by atoms with Crippen LogP contribution < -0.4 is 5.32 Å². The lowest BCUT2D eigenvalue weighted by atomic mass is 9.81. The van der Waals surface area contributed by atoms with Crippen LogP contribution in [0.25, 0.3) is 0 Å². The quantitative estimate of drug-likeness (QED) is 0.821. The Balaban J connectivity index is 2.11. The molecule has 1 saturated carbocycles. The minimum Gasteiger partial charge on any atom is -0.481 e. The summed E-state index contributed by atoms with van der Waals surface area (Å²) in [4.78, 5) is 37.4. The monoisotopic (exact) mass is 310 g/mol. The van der Waals surface area contributed by atoms with Gasteiger partial charge in [0.15, 0.2) is 0 Å². The Morgan fingerprint density at radius 1 is 1.23 bits per heavy atom. The van der Waals surface area contributed by atoms with Crippen molar-refractivity contribution in [2.24, 2.45) is 11.3 Å². The Hall–Kier alpha value is -1.59. The first-order valence-electron chi connectivity index (χ1n) is 8.13. The highest BCUT2D eigenvalue weighted by atomic mass is 16.4. The van der Waals surface area contributed by atoms with Crippen molar-refractivity contribution >= 4 is 17.8 Å². The number of carbonyl (C=O) groups excluding carboxylic acids is 2. The van der Waals surface area contributed by atoms with Gasteiger partial charge in [0.25, 0.3) is 0 Å². The molecule has 1 saturated heterocycles. The van der Waals surface area contributed by atoms with Gasteiger partial charge in [0, 0.05) is 20.0 Å². The molecule has 6 nitrogen and oxygen atoms in total. The fraction of sp³-hybridized carbons (Fsp3) is 0.812. The van der Waals surface area contributed by atoms with Crippen LogP contribution in [0.3, 0.4) is 0 Å². The van der Waals surface area contributed by atoms with Crippen LogP contribution in [-0.2, 0) is 14.4 Å². The standard InChI is InChI=1S/C16H26N2O4/c1-11(19)17-13(12-6-3-4-7-12)14(20)18-9-5-8-16(2,10-18)15(21)22/h12-13H,3-10H2,1-2H3,(H,17,19)(H,21,22). The van der Waals surface area contributed by atoms with Gasteiger partial charge in [-0.25, -0.2) is 0 Å². The Labute approximate surface area is 131 Å². The highest BCUT2D eigenvalue weighted by Gasteiger charge is 2.42. The van der Waals surface area contributed by atoms with Crippen molar-refractivity contribution < 1.29 is 19.5 Å². The molecular formula is C16H26N2O4. The molecule has 0 aromatic carbocycles. The Kier molecular flexibility index (Phi) is 5.08. The number of carbonyl (C=O) groups is 3. The van der Waals surface area contributed by atoms with Gasteiger partial charge < -0.3 is 15.3 Å². The summed E-state index contributed by atoms with van der Waals surface area (Å²) in [6, 6.07) is -0.504. The molecule has 2 aliphatic rings. The predicted octanol–water partition coefficient (Wildman–Crippen LogP) is 1.39. The van der Waals surface area contributed by atoms with Gasteiger partial charge in [-0.2, -0.15) is 0 Å². The van der Waals surface area contributed by atoms with E-state index in [1.165, 1.54) is 6.92 Å². The number of amides is 2. The molecule has 1 aliphatic carbocycles. The van der Waals surface area contributed by atoms with Gasteiger partial charge in [0.2, 0.25) is 11.8 Å². The summed E-state index contributed by atoms with van der Waals surface area (Å²) in [5.41, 5.74) is -0.885. The molecule has 0 aromatic rings. The molecule has 1 heterocycles. The van der Waals surface area contributed by atoms with E-state index in [1.54, 1.807) is 11.8 Å². The first-order chi connectivity index (χ1) is 10.3. The molecule has 0 spiro atoms. The zero-order valence-corrected chi connectivity index (χ0v) is 13.4. The number of aliphatic carboxylic acids is 1. The Morgan fingerprint density at radius 3 is 2.41 bits per heavy atom. The van der Waals surface area contributed by atoms with Crippen LogP contribution in [0.15, 0.2) is 0 Å². The molecule has 6 heteroatoms. The van der Waals surface area contributed by atoms with Gasteiger partial charge in [-0.05, 0) is 38.5 Å². The molecule has 2 atom stereocenters. The molecule has 124 valence electrons. The minimum absolute atomic E-state index is 0.116. The number of rotatable bonds is 4. The van der Waals surface area contributed by atoms with E-state index in [9.17, 15) is 19.5 Å². The lowest BCUT2D eigenvalue weighted by molar-refractivity contribution is -0.154. The molecule has 2 unspecified atom stereocenters. The molecule has 0 radical (unpaired) electrons. The molecule has 1 aliphatic heterocycles. The molecule has 0 bridgehead atoms. The van der Waals surface area contributed by atoms with Crippen LogP contribution in [-0.4, -0.2) is 46.9 Å².